The lowest BCUT2D eigenvalue weighted by atomic mass is 9.91. The van der Waals surface area contributed by atoms with Gasteiger partial charge < -0.3 is 5.11 Å². The van der Waals surface area contributed by atoms with Crippen LogP contribution < -0.4 is 0 Å². The summed E-state index contributed by atoms with van der Waals surface area (Å²) in [4.78, 5) is 33.6. The van der Waals surface area contributed by atoms with Crippen molar-refractivity contribution in [3.63, 3.8) is 0 Å². The Labute approximate surface area is 132 Å². The van der Waals surface area contributed by atoms with Crippen LogP contribution in [0.25, 0.3) is 0 Å². The molecule has 0 heterocycles. The first-order chi connectivity index (χ1) is 10.5. The van der Waals surface area contributed by atoms with E-state index in [-0.39, 0.29) is 29.8 Å². The van der Waals surface area contributed by atoms with Crippen LogP contribution in [0.3, 0.4) is 0 Å². The van der Waals surface area contributed by atoms with Crippen molar-refractivity contribution in [2.24, 2.45) is 11.8 Å². The molecule has 0 aliphatic heterocycles. The van der Waals surface area contributed by atoms with Gasteiger partial charge >= 0.3 is 5.97 Å². The molecule has 1 N–H and O–H groups in total. The van der Waals surface area contributed by atoms with Gasteiger partial charge in [0.2, 0.25) is 0 Å². The van der Waals surface area contributed by atoms with Gasteiger partial charge in [-0.05, 0) is 31.3 Å². The van der Waals surface area contributed by atoms with Crippen LogP contribution in [0, 0.1) is 23.7 Å². The minimum absolute atomic E-state index is 0.0858. The molecule has 0 aromatic carbocycles. The molecule has 0 aromatic rings. The zero-order chi connectivity index (χ0) is 16.4. The highest BCUT2D eigenvalue weighted by atomic mass is 16.4. The Morgan fingerprint density at radius 3 is 2.77 bits per heavy atom. The van der Waals surface area contributed by atoms with Gasteiger partial charge in [-0.3, -0.25) is 14.4 Å². The van der Waals surface area contributed by atoms with Crippen LogP contribution in [0.15, 0.2) is 12.2 Å². The van der Waals surface area contributed by atoms with E-state index >= 15 is 0 Å². The van der Waals surface area contributed by atoms with Crippen molar-refractivity contribution in [3.05, 3.63) is 12.2 Å². The fourth-order valence-electron chi connectivity index (χ4n) is 2.54. The maximum absolute atomic E-state index is 11.9. The van der Waals surface area contributed by atoms with E-state index in [2.05, 4.69) is 11.8 Å². The first-order valence-corrected chi connectivity index (χ1v) is 7.95. The van der Waals surface area contributed by atoms with E-state index in [0.717, 1.165) is 12.8 Å². The topological polar surface area (TPSA) is 71.4 Å². The zero-order valence-corrected chi connectivity index (χ0v) is 13.1. The van der Waals surface area contributed by atoms with Crippen LogP contribution >= 0.6 is 0 Å². The predicted octanol–water partition coefficient (Wildman–Crippen LogP) is 3.16. The number of carboxylic acids is 1. The minimum atomic E-state index is -0.777. The average Bonchev–Trinajstić information content (AvgIpc) is 2.84. The van der Waals surface area contributed by atoms with Crippen LogP contribution in [0.2, 0.25) is 0 Å². The SMILES string of the molecule is CCC(=O)/C=C/C1CCC(=O)C1CC#CCCCCC(=O)O. The van der Waals surface area contributed by atoms with Gasteiger partial charge in [-0.2, -0.15) is 0 Å². The zero-order valence-electron chi connectivity index (χ0n) is 13.1. The number of aliphatic carboxylic acids is 1. The van der Waals surface area contributed by atoms with Crippen LogP contribution in [0.4, 0.5) is 0 Å². The highest BCUT2D eigenvalue weighted by molar-refractivity contribution is 5.90. The summed E-state index contributed by atoms with van der Waals surface area (Å²) in [7, 11) is 0. The van der Waals surface area contributed by atoms with E-state index in [1.807, 2.05) is 13.0 Å². The molecular formula is C18H24O4. The number of carbonyl (C=O) groups is 3. The van der Waals surface area contributed by atoms with Crippen molar-refractivity contribution >= 4 is 17.5 Å². The molecule has 0 aromatic heterocycles. The monoisotopic (exact) mass is 304 g/mol. The maximum Gasteiger partial charge on any atom is 0.303 e. The van der Waals surface area contributed by atoms with Crippen molar-refractivity contribution in [1.82, 2.24) is 0 Å². The summed E-state index contributed by atoms with van der Waals surface area (Å²) in [5.74, 6) is 5.64. The molecule has 1 fully saturated rings. The molecule has 0 radical (unpaired) electrons. The minimum Gasteiger partial charge on any atom is -0.481 e. The van der Waals surface area contributed by atoms with E-state index in [1.54, 1.807) is 6.08 Å². The summed E-state index contributed by atoms with van der Waals surface area (Å²) in [5, 5.41) is 8.52. The van der Waals surface area contributed by atoms with Crippen molar-refractivity contribution < 1.29 is 19.5 Å². The van der Waals surface area contributed by atoms with Crippen molar-refractivity contribution in [2.45, 2.75) is 58.3 Å². The first kappa shape index (κ1) is 18.2. The van der Waals surface area contributed by atoms with Gasteiger partial charge in [-0.1, -0.05) is 13.0 Å². The van der Waals surface area contributed by atoms with Crippen molar-refractivity contribution in [3.8, 4) is 11.8 Å². The van der Waals surface area contributed by atoms with Crippen LogP contribution in [0.1, 0.15) is 58.3 Å². The molecule has 120 valence electrons. The lowest BCUT2D eigenvalue weighted by molar-refractivity contribution is -0.137. The van der Waals surface area contributed by atoms with E-state index in [1.165, 1.54) is 0 Å². The summed E-state index contributed by atoms with van der Waals surface area (Å²) >= 11 is 0. The van der Waals surface area contributed by atoms with Gasteiger partial charge in [-0.25, -0.2) is 0 Å². The van der Waals surface area contributed by atoms with Gasteiger partial charge in [0, 0.05) is 38.0 Å². The second-order valence-corrected chi connectivity index (χ2v) is 5.61. The molecule has 1 rings (SSSR count). The number of unbranched alkanes of at least 4 members (excludes halogenated alkanes) is 2. The van der Waals surface area contributed by atoms with E-state index in [0.29, 0.717) is 32.1 Å². The molecule has 22 heavy (non-hydrogen) atoms. The Kier molecular flexibility index (Phi) is 8.21. The molecule has 1 aliphatic rings. The Hall–Kier alpha value is -1.89. The number of ketones is 2. The number of hydrogen-bond acceptors (Lipinski definition) is 3. The Morgan fingerprint density at radius 2 is 2.09 bits per heavy atom. The molecule has 1 aliphatic carbocycles. The van der Waals surface area contributed by atoms with Crippen LogP contribution in [0.5, 0.6) is 0 Å². The second kappa shape index (κ2) is 9.94. The van der Waals surface area contributed by atoms with Crippen molar-refractivity contribution in [1.29, 1.82) is 0 Å². The molecular weight excluding hydrogens is 280 g/mol. The molecule has 4 nitrogen and oxygen atoms in total. The molecule has 2 atom stereocenters. The summed E-state index contributed by atoms with van der Waals surface area (Å²) in [6, 6.07) is 0. The Balaban J connectivity index is 2.38. The predicted molar refractivity (Wildman–Crippen MR) is 84.2 cm³/mol. The van der Waals surface area contributed by atoms with Crippen LogP contribution in [-0.4, -0.2) is 22.6 Å². The standard InChI is InChI=1S/C18H24O4/c1-2-15(19)12-10-14-11-13-17(20)16(14)8-6-4-3-5-7-9-18(21)22/h10,12,14,16H,2-3,5,7-9,11,13H2,1H3,(H,21,22)/b12-10+. The third-order valence-corrected chi connectivity index (χ3v) is 3.92. The summed E-state index contributed by atoms with van der Waals surface area (Å²) in [6.07, 6.45) is 8.11. The van der Waals surface area contributed by atoms with Crippen molar-refractivity contribution in [2.75, 3.05) is 0 Å². The molecule has 0 bridgehead atoms. The lowest BCUT2D eigenvalue weighted by Crippen LogP contribution is -2.12. The Morgan fingerprint density at radius 1 is 1.32 bits per heavy atom. The normalized spacial score (nSPS) is 20.9. The van der Waals surface area contributed by atoms with Gasteiger partial charge in [0.1, 0.15) is 5.78 Å². The van der Waals surface area contributed by atoms with E-state index < -0.39 is 5.97 Å². The number of carboxylic acid groups (broad SMARTS) is 1. The number of allylic oxidation sites excluding steroid dienone is 2. The number of hydrogen-bond donors (Lipinski definition) is 1. The van der Waals surface area contributed by atoms with Gasteiger partial charge in [0.15, 0.2) is 5.78 Å². The smallest absolute Gasteiger partial charge is 0.303 e. The summed E-state index contributed by atoms with van der Waals surface area (Å²) in [5.41, 5.74) is 0. The molecule has 0 amide bonds. The number of Topliss-reactive ketones (excluding diaryl/α,β-unsaturated/α-hetero) is 1. The Bertz CT molecular complexity index is 493. The lowest BCUT2D eigenvalue weighted by Gasteiger charge is -2.11. The fraction of sp³-hybridized carbons (Fsp3) is 0.611. The number of rotatable bonds is 8. The largest absolute Gasteiger partial charge is 0.481 e. The van der Waals surface area contributed by atoms with Gasteiger partial charge in [0.05, 0.1) is 0 Å². The third kappa shape index (κ3) is 6.71. The molecule has 0 saturated heterocycles. The highest BCUT2D eigenvalue weighted by Crippen LogP contribution is 2.32. The molecule has 0 spiro atoms. The van der Waals surface area contributed by atoms with Gasteiger partial charge in [0.25, 0.3) is 0 Å². The van der Waals surface area contributed by atoms with Crippen LogP contribution in [-0.2, 0) is 14.4 Å². The van der Waals surface area contributed by atoms with Gasteiger partial charge in [-0.15, -0.1) is 11.8 Å². The second-order valence-electron chi connectivity index (χ2n) is 5.61. The first-order valence-electron chi connectivity index (χ1n) is 7.95. The molecule has 4 heteroatoms. The molecule has 2 unspecified atom stereocenters. The highest BCUT2D eigenvalue weighted by Gasteiger charge is 2.32. The fourth-order valence-corrected chi connectivity index (χ4v) is 2.54. The molecule has 1 saturated carbocycles. The van der Waals surface area contributed by atoms with E-state index in [9.17, 15) is 14.4 Å². The van der Waals surface area contributed by atoms with E-state index in [4.69, 9.17) is 5.11 Å². The quantitative estimate of drug-likeness (QED) is 0.425. The number of carbonyl (C=O) groups excluding carboxylic acids is 2. The summed E-state index contributed by atoms with van der Waals surface area (Å²) in [6.45, 7) is 1.82. The maximum atomic E-state index is 11.9. The summed E-state index contributed by atoms with van der Waals surface area (Å²) < 4.78 is 0. The third-order valence-electron chi connectivity index (χ3n) is 3.92. The average molecular weight is 304 g/mol.